The minimum Gasteiger partial charge on any atom is -0.319 e. The van der Waals surface area contributed by atoms with Gasteiger partial charge in [0.1, 0.15) is 7.14 Å². The van der Waals surface area contributed by atoms with Gasteiger partial charge in [0.2, 0.25) is 0 Å². The second kappa shape index (κ2) is 8.90. The van der Waals surface area contributed by atoms with Crippen molar-refractivity contribution in [2.24, 2.45) is 0 Å². The highest BCUT2D eigenvalue weighted by molar-refractivity contribution is 7.70. The Morgan fingerprint density at radius 3 is 1.86 bits per heavy atom. The molecule has 1 aromatic heterocycles. The lowest BCUT2D eigenvalue weighted by Crippen LogP contribution is -2.01. The summed E-state index contributed by atoms with van der Waals surface area (Å²) in [5.74, 6) is 0. The van der Waals surface area contributed by atoms with Crippen LogP contribution in [0.3, 0.4) is 0 Å². The van der Waals surface area contributed by atoms with Crippen LogP contribution >= 0.6 is 7.14 Å². The monoisotopic (exact) mass is 483 g/mol. The molecule has 6 rings (SSSR count). The van der Waals surface area contributed by atoms with Crippen molar-refractivity contribution in [3.05, 3.63) is 121 Å². The van der Waals surface area contributed by atoms with E-state index < -0.39 is 7.14 Å². The molecule has 5 aromatic carbocycles. The smallest absolute Gasteiger partial charge is 0.109 e. The number of pyridine rings is 1. The molecule has 0 unspecified atom stereocenters. The molecule has 0 aliphatic carbocycles. The average molecular weight is 484 g/mol. The Hall–Kier alpha value is -4.00. The molecule has 2 nitrogen and oxygen atoms in total. The van der Waals surface area contributed by atoms with Gasteiger partial charge in [-0.15, -0.1) is 0 Å². The van der Waals surface area contributed by atoms with E-state index in [4.69, 9.17) is 4.98 Å². The van der Waals surface area contributed by atoms with Crippen LogP contribution in [0.2, 0.25) is 0 Å². The van der Waals surface area contributed by atoms with Gasteiger partial charge in [-0.1, -0.05) is 115 Å². The van der Waals surface area contributed by atoms with Crippen molar-refractivity contribution in [3.63, 3.8) is 0 Å². The highest BCUT2D eigenvalue weighted by atomic mass is 31.2. The summed E-state index contributed by atoms with van der Waals surface area (Å²) in [6.45, 7) is 3.62. The molecule has 6 aromatic rings. The summed E-state index contributed by atoms with van der Waals surface area (Å²) in [7, 11) is -2.28. The number of benzene rings is 5. The number of rotatable bonds is 4. The van der Waals surface area contributed by atoms with Crippen LogP contribution in [0.4, 0.5) is 0 Å². The highest BCUT2D eigenvalue weighted by Crippen LogP contribution is 2.40. The van der Waals surface area contributed by atoms with Crippen LogP contribution in [0.5, 0.6) is 0 Å². The van der Waals surface area contributed by atoms with E-state index in [-0.39, 0.29) is 0 Å². The van der Waals surface area contributed by atoms with Crippen molar-refractivity contribution in [2.75, 3.05) is 13.3 Å². The largest absolute Gasteiger partial charge is 0.319 e. The first-order chi connectivity index (χ1) is 17.5. The van der Waals surface area contributed by atoms with Crippen molar-refractivity contribution in [1.29, 1.82) is 0 Å². The summed E-state index contributed by atoms with van der Waals surface area (Å²) in [6.07, 6.45) is 0. The summed E-state index contributed by atoms with van der Waals surface area (Å²) < 4.78 is 12.5. The molecule has 0 aliphatic rings. The van der Waals surface area contributed by atoms with Crippen LogP contribution in [0.25, 0.3) is 55.2 Å². The third kappa shape index (κ3) is 4.04. The molecule has 0 aliphatic heterocycles. The Bertz CT molecular complexity index is 1750. The van der Waals surface area contributed by atoms with Gasteiger partial charge in [0.05, 0.1) is 11.2 Å². The Morgan fingerprint density at radius 1 is 0.556 bits per heavy atom. The molecule has 0 saturated carbocycles. The summed E-state index contributed by atoms with van der Waals surface area (Å²) in [5, 5.41) is 4.40. The molecule has 0 amide bonds. The molecule has 0 radical (unpaired) electrons. The highest BCUT2D eigenvalue weighted by Gasteiger charge is 2.15. The predicted molar refractivity (Wildman–Crippen MR) is 155 cm³/mol. The third-order valence-electron chi connectivity index (χ3n) is 6.77. The van der Waals surface area contributed by atoms with Gasteiger partial charge in [-0.05, 0) is 41.6 Å². The van der Waals surface area contributed by atoms with Gasteiger partial charge in [0, 0.05) is 27.0 Å². The summed E-state index contributed by atoms with van der Waals surface area (Å²) in [6, 6.07) is 42.1. The topological polar surface area (TPSA) is 30.0 Å². The fourth-order valence-electron chi connectivity index (χ4n) is 4.92. The van der Waals surface area contributed by atoms with E-state index in [9.17, 15) is 4.57 Å². The maximum absolute atomic E-state index is 12.5. The van der Waals surface area contributed by atoms with Crippen molar-refractivity contribution in [1.82, 2.24) is 4.98 Å². The third-order valence-corrected chi connectivity index (χ3v) is 8.32. The summed E-state index contributed by atoms with van der Waals surface area (Å²) >= 11 is 0. The fraction of sp³-hybridized carbons (Fsp3) is 0.0606. The van der Waals surface area contributed by atoms with Crippen molar-refractivity contribution < 1.29 is 4.57 Å². The standard InChI is InChI=1S/C33H26NOP/c1-36(2,35)27-19-16-23(17-20-27)26-18-21-29-31(22-26)34-33(25-12-7-4-8-13-25)30-15-9-14-28(32(29)30)24-10-5-3-6-11-24/h3-22H,1-2H3. The second-order valence-electron chi connectivity index (χ2n) is 9.55. The van der Waals surface area contributed by atoms with Crippen LogP contribution < -0.4 is 5.30 Å². The average Bonchev–Trinajstić information content (AvgIpc) is 2.92. The molecule has 3 heteroatoms. The van der Waals surface area contributed by atoms with Gasteiger partial charge < -0.3 is 4.57 Å². The maximum Gasteiger partial charge on any atom is 0.109 e. The van der Waals surface area contributed by atoms with Crippen LogP contribution in [0.1, 0.15) is 0 Å². The zero-order chi connectivity index (χ0) is 24.7. The van der Waals surface area contributed by atoms with Crippen LogP contribution in [0, 0.1) is 0 Å². The molecule has 36 heavy (non-hydrogen) atoms. The van der Waals surface area contributed by atoms with Gasteiger partial charge in [0.15, 0.2) is 0 Å². The molecule has 0 saturated heterocycles. The Labute approximate surface area is 211 Å². The Morgan fingerprint density at radius 2 is 1.19 bits per heavy atom. The van der Waals surface area contributed by atoms with Crippen molar-refractivity contribution in [2.45, 2.75) is 0 Å². The van der Waals surface area contributed by atoms with Crippen molar-refractivity contribution in [3.8, 4) is 33.5 Å². The molecule has 0 spiro atoms. The minimum absolute atomic E-state index is 0.898. The lowest BCUT2D eigenvalue weighted by atomic mass is 9.92. The van der Waals surface area contributed by atoms with E-state index in [1.54, 1.807) is 0 Å². The number of hydrogen-bond donors (Lipinski definition) is 0. The Kier molecular flexibility index (Phi) is 5.55. The van der Waals surface area contributed by atoms with E-state index in [1.807, 2.05) is 31.5 Å². The quantitative estimate of drug-likeness (QED) is 0.186. The van der Waals surface area contributed by atoms with Gasteiger partial charge >= 0.3 is 0 Å². The first kappa shape index (κ1) is 22.5. The van der Waals surface area contributed by atoms with Gasteiger partial charge in [-0.3, -0.25) is 0 Å². The lowest BCUT2D eigenvalue weighted by molar-refractivity contribution is 0.588. The molecule has 0 bridgehead atoms. The molecular weight excluding hydrogens is 457 g/mol. The Balaban J connectivity index is 1.63. The number of hydrogen-bond acceptors (Lipinski definition) is 2. The normalized spacial score (nSPS) is 11.7. The minimum atomic E-state index is -2.28. The van der Waals surface area contributed by atoms with E-state index in [1.165, 1.54) is 16.5 Å². The number of fused-ring (bicyclic) bond motifs is 3. The van der Waals surface area contributed by atoms with E-state index in [0.29, 0.717) is 0 Å². The van der Waals surface area contributed by atoms with Gasteiger partial charge in [-0.2, -0.15) is 0 Å². The predicted octanol–water partition coefficient (Wildman–Crippen LogP) is 8.64. The van der Waals surface area contributed by atoms with Gasteiger partial charge in [-0.25, -0.2) is 4.98 Å². The lowest BCUT2D eigenvalue weighted by Gasteiger charge is -2.15. The molecule has 0 N–H and O–H groups in total. The summed E-state index contributed by atoms with van der Waals surface area (Å²) in [5.41, 5.74) is 7.64. The molecule has 174 valence electrons. The maximum atomic E-state index is 12.5. The van der Waals surface area contributed by atoms with Crippen LogP contribution in [-0.4, -0.2) is 18.3 Å². The number of aromatic nitrogens is 1. The fourth-order valence-corrected chi connectivity index (χ4v) is 5.79. The zero-order valence-corrected chi connectivity index (χ0v) is 21.2. The van der Waals surface area contributed by atoms with E-state index in [2.05, 4.69) is 103 Å². The van der Waals surface area contributed by atoms with Crippen LogP contribution in [-0.2, 0) is 4.57 Å². The summed E-state index contributed by atoms with van der Waals surface area (Å²) in [4.78, 5) is 5.21. The van der Waals surface area contributed by atoms with Crippen molar-refractivity contribution >= 4 is 34.1 Å². The second-order valence-corrected chi connectivity index (χ2v) is 12.8. The zero-order valence-electron chi connectivity index (χ0n) is 20.3. The molecule has 0 fully saturated rings. The van der Waals surface area contributed by atoms with Gasteiger partial charge in [0.25, 0.3) is 0 Å². The van der Waals surface area contributed by atoms with E-state index >= 15 is 0 Å². The first-order valence-corrected chi connectivity index (χ1v) is 14.7. The molecule has 0 atom stereocenters. The van der Waals surface area contributed by atoms with E-state index in [0.717, 1.165) is 44.0 Å². The molecule has 1 heterocycles. The SMILES string of the molecule is CP(C)(=O)c1ccc(-c2ccc3c(c2)nc(-c2ccccc2)c2cccc(-c4ccccc4)c23)cc1. The number of nitrogens with zero attached hydrogens (tertiary/aromatic N) is 1. The molecular formula is C33H26NOP. The van der Waals surface area contributed by atoms with Crippen LogP contribution in [0.15, 0.2) is 121 Å². The first-order valence-electron chi connectivity index (χ1n) is 12.1.